The summed E-state index contributed by atoms with van der Waals surface area (Å²) in [7, 11) is 0. The van der Waals surface area contributed by atoms with E-state index in [1.807, 2.05) is 0 Å². The second-order valence-corrected chi connectivity index (χ2v) is 23.8. The molecule has 0 radical (unpaired) electrons. The Hall–Kier alpha value is -1.15. The molecule has 0 saturated heterocycles. The summed E-state index contributed by atoms with van der Waals surface area (Å²) in [5.41, 5.74) is 0. The fraction of sp³-hybridized carbons (Fsp3) is 0.957. The summed E-state index contributed by atoms with van der Waals surface area (Å²) >= 11 is 0. The van der Waals surface area contributed by atoms with Gasteiger partial charge >= 0.3 is 5.97 Å². The number of ether oxygens (including phenoxy) is 9. The number of rotatable bonds is 76. The fourth-order valence-electron chi connectivity index (χ4n) is 10.7. The first-order valence-corrected chi connectivity index (χ1v) is 35.4. The van der Waals surface area contributed by atoms with Crippen molar-refractivity contribution in [3.63, 3.8) is 0 Å². The van der Waals surface area contributed by atoms with Crippen LogP contribution in [0.1, 0.15) is 360 Å². The molecule has 0 bridgehead atoms. The number of carbonyl (C=O) groups excluding carboxylic acids is 1. The predicted octanol–water partition coefficient (Wildman–Crippen LogP) is 21.6. The van der Waals surface area contributed by atoms with Gasteiger partial charge in [-0.1, -0.05) is 347 Å². The lowest BCUT2D eigenvalue weighted by molar-refractivity contribution is -0.221. The van der Waals surface area contributed by atoms with Crippen LogP contribution in [-0.2, 0) is 47.4 Å². The van der Waals surface area contributed by atoms with Gasteiger partial charge < -0.3 is 42.6 Å². The van der Waals surface area contributed by atoms with E-state index < -0.39 is 0 Å². The lowest BCUT2D eigenvalue weighted by Crippen LogP contribution is -2.20. The zero-order chi connectivity index (χ0) is 58.0. The molecule has 0 spiro atoms. The minimum atomic E-state index is -0.310. The quantitative estimate of drug-likeness (QED) is 0.0272. The topological polar surface area (TPSA) is 112 Å². The van der Waals surface area contributed by atoms with Crippen LogP contribution in [0.15, 0.2) is 12.7 Å². The van der Waals surface area contributed by atoms with Gasteiger partial charge in [0.2, 0.25) is 0 Å². The minimum Gasteiger partial charge on any atom is -0.463 e. The van der Waals surface area contributed by atoms with E-state index in [1.165, 1.54) is 340 Å². The van der Waals surface area contributed by atoms with Crippen LogP contribution >= 0.6 is 0 Å². The first kappa shape index (κ1) is 79.8. The molecule has 0 aliphatic rings. The Morgan fingerprint density at radius 2 is 0.481 bits per heavy atom. The van der Waals surface area contributed by atoms with Gasteiger partial charge in [-0.3, -0.25) is 5.32 Å². The average Bonchev–Trinajstić information content (AvgIpc) is 3.48. The van der Waals surface area contributed by atoms with Crippen LogP contribution in [0.2, 0.25) is 0 Å². The largest absolute Gasteiger partial charge is 0.463 e. The number of hydrogen-bond acceptors (Lipinski definition) is 11. The number of nitrogens with one attached hydrogen (secondary N) is 1. The highest BCUT2D eigenvalue weighted by molar-refractivity contribution is 5.81. The van der Waals surface area contributed by atoms with Crippen molar-refractivity contribution >= 4 is 5.97 Å². The Labute approximate surface area is 503 Å². The molecule has 0 heterocycles. The van der Waals surface area contributed by atoms with Crippen LogP contribution < -0.4 is 5.32 Å². The third kappa shape index (κ3) is 76.8. The van der Waals surface area contributed by atoms with E-state index in [9.17, 15) is 4.79 Å². The molecule has 0 atom stereocenters. The molecule has 0 saturated carbocycles. The summed E-state index contributed by atoms with van der Waals surface area (Å²) in [4.78, 5) is 11.0. The Morgan fingerprint density at radius 3 is 0.741 bits per heavy atom. The molecule has 0 aromatic heterocycles. The fourth-order valence-corrected chi connectivity index (χ4v) is 10.7. The van der Waals surface area contributed by atoms with E-state index in [0.717, 1.165) is 32.4 Å². The van der Waals surface area contributed by atoms with E-state index in [4.69, 9.17) is 42.6 Å². The van der Waals surface area contributed by atoms with Crippen molar-refractivity contribution in [2.45, 2.75) is 360 Å². The molecule has 484 valence electrons. The van der Waals surface area contributed by atoms with Crippen molar-refractivity contribution in [3.05, 3.63) is 12.7 Å². The van der Waals surface area contributed by atoms with Crippen LogP contribution in [-0.4, -0.2) is 80.0 Å². The molecule has 0 fully saturated rings. The molecular weight excluding hydrogens is 1010 g/mol. The smallest absolute Gasteiger partial charge is 0.330 e. The number of unbranched alkanes of at least 4 members (excludes halogenated alkanes) is 53. The molecule has 0 aromatic carbocycles. The predicted molar refractivity (Wildman–Crippen MR) is 341 cm³/mol. The summed E-state index contributed by atoms with van der Waals surface area (Å²) in [6, 6.07) is 0. The normalized spacial score (nSPS) is 11.6. The maximum Gasteiger partial charge on any atom is 0.330 e. The Morgan fingerprint density at radius 1 is 0.272 bits per heavy atom. The van der Waals surface area contributed by atoms with E-state index in [0.29, 0.717) is 13.3 Å². The highest BCUT2D eigenvalue weighted by atomic mass is 16.8. The number of carbonyl (C=O) groups is 1. The standard InChI is InChI=1S/C70H139NO10/c1-3-5-6-7-8-9-10-11-12-13-14-15-16-17-18-19-20-21-22-23-24-25-26-27-28-29-32-35-38-41-44-47-50-53-56-59-71-62-74-64-76-66-78-68-80-69-79-67-77-65-75-63-73-60-57-54-51-48-45-42-39-36-33-30-31-34-37-40-43-46-49-52-55-58-61-81-70(72)4-2/h4,71H,2-3,5-69H2,1H3. The Balaban J connectivity index is 3.08. The van der Waals surface area contributed by atoms with Gasteiger partial charge in [0.05, 0.1) is 13.3 Å². The molecule has 0 aliphatic heterocycles. The summed E-state index contributed by atoms with van der Waals surface area (Å²) < 4.78 is 47.7. The van der Waals surface area contributed by atoms with Gasteiger partial charge in [-0.05, 0) is 25.8 Å². The van der Waals surface area contributed by atoms with Gasteiger partial charge in [-0.15, -0.1) is 0 Å². The summed E-state index contributed by atoms with van der Waals surface area (Å²) in [6.45, 7) is 9.22. The molecule has 0 rings (SSSR count). The molecule has 0 amide bonds. The second-order valence-electron chi connectivity index (χ2n) is 23.8. The highest BCUT2D eigenvalue weighted by Crippen LogP contribution is 2.19. The molecule has 0 aliphatic carbocycles. The van der Waals surface area contributed by atoms with Gasteiger partial charge in [-0.25, -0.2) is 4.79 Å². The minimum absolute atomic E-state index is 0.0571. The van der Waals surface area contributed by atoms with Crippen molar-refractivity contribution in [2.24, 2.45) is 0 Å². The molecular formula is C70H139NO10. The van der Waals surface area contributed by atoms with Gasteiger partial charge in [0.15, 0.2) is 40.8 Å². The monoisotopic (exact) mass is 1150 g/mol. The van der Waals surface area contributed by atoms with Gasteiger partial charge in [0, 0.05) is 12.7 Å². The SMILES string of the molecule is C=CC(=O)OCCCCCCCCCCCCCCCCCCCCCCOCOCOCOCOCOCOCOCNCCCCCCCCCCCCCCCCCCCCCCCCCCCCCCCCCCCCC. The molecule has 11 heteroatoms. The van der Waals surface area contributed by atoms with Crippen molar-refractivity contribution in [3.8, 4) is 0 Å². The van der Waals surface area contributed by atoms with Crippen molar-refractivity contribution in [1.29, 1.82) is 0 Å². The highest BCUT2D eigenvalue weighted by Gasteiger charge is 2.02. The lowest BCUT2D eigenvalue weighted by atomic mass is 10.0. The Kier molecular flexibility index (Phi) is 75.8. The van der Waals surface area contributed by atoms with Crippen LogP contribution in [0.25, 0.3) is 0 Å². The summed E-state index contributed by atoms with van der Waals surface area (Å²) in [6.07, 6.45) is 77.7. The van der Waals surface area contributed by atoms with Crippen LogP contribution in [0.4, 0.5) is 0 Å². The zero-order valence-electron chi connectivity index (χ0n) is 54.0. The maximum absolute atomic E-state index is 11.0. The first-order valence-electron chi connectivity index (χ1n) is 35.4. The molecule has 81 heavy (non-hydrogen) atoms. The first-order chi connectivity index (χ1) is 40.3. The molecule has 0 unspecified atom stereocenters. The van der Waals surface area contributed by atoms with Gasteiger partial charge in [0.25, 0.3) is 0 Å². The van der Waals surface area contributed by atoms with Gasteiger partial charge in [-0.2, -0.15) is 0 Å². The molecule has 11 nitrogen and oxygen atoms in total. The van der Waals surface area contributed by atoms with Crippen molar-refractivity contribution in [2.75, 3.05) is 74.0 Å². The van der Waals surface area contributed by atoms with Crippen LogP contribution in [0, 0.1) is 0 Å². The number of esters is 1. The van der Waals surface area contributed by atoms with E-state index in [1.54, 1.807) is 0 Å². The van der Waals surface area contributed by atoms with E-state index >= 15 is 0 Å². The van der Waals surface area contributed by atoms with Gasteiger partial charge in [0.1, 0.15) is 6.79 Å². The third-order valence-corrected chi connectivity index (χ3v) is 15.9. The maximum atomic E-state index is 11.0. The number of hydrogen-bond donors (Lipinski definition) is 1. The lowest BCUT2D eigenvalue weighted by Gasteiger charge is -2.09. The van der Waals surface area contributed by atoms with Crippen LogP contribution in [0.3, 0.4) is 0 Å². The summed E-state index contributed by atoms with van der Waals surface area (Å²) in [5, 5.41) is 3.32. The average molecular weight is 1150 g/mol. The molecule has 0 aromatic rings. The van der Waals surface area contributed by atoms with Crippen LogP contribution in [0.5, 0.6) is 0 Å². The van der Waals surface area contributed by atoms with E-state index in [2.05, 4.69) is 18.8 Å². The third-order valence-electron chi connectivity index (χ3n) is 15.9. The second kappa shape index (κ2) is 76.9. The van der Waals surface area contributed by atoms with Crippen molar-refractivity contribution < 1.29 is 47.4 Å². The molecule has 1 N–H and O–H groups in total. The van der Waals surface area contributed by atoms with Crippen molar-refractivity contribution in [1.82, 2.24) is 5.32 Å². The zero-order valence-corrected chi connectivity index (χ0v) is 54.0. The van der Waals surface area contributed by atoms with E-state index in [-0.39, 0.29) is 53.5 Å². The Bertz CT molecular complexity index is 1130. The summed E-state index contributed by atoms with van der Waals surface area (Å²) in [5.74, 6) is -0.310.